The molecule has 2 N–H and O–H groups in total. The number of hydrogen-bond acceptors (Lipinski definition) is 5. The summed E-state index contributed by atoms with van der Waals surface area (Å²) in [5, 5.41) is 0.719. The van der Waals surface area contributed by atoms with Crippen molar-refractivity contribution in [1.82, 2.24) is 25.6 Å². The lowest BCUT2D eigenvalue weighted by Gasteiger charge is -2.37. The third kappa shape index (κ3) is 5.19. The van der Waals surface area contributed by atoms with Gasteiger partial charge in [0, 0.05) is 62.1 Å². The van der Waals surface area contributed by atoms with Crippen LogP contribution in [0.5, 0.6) is 0 Å². The van der Waals surface area contributed by atoms with E-state index in [4.69, 9.17) is 11.6 Å². The Morgan fingerprint density at radius 3 is 2.77 bits per heavy atom. The molecule has 1 aromatic carbocycles. The number of piperidine rings is 1. The van der Waals surface area contributed by atoms with Crippen LogP contribution in [0.3, 0.4) is 0 Å². The molecule has 2 atom stereocenters. The Balaban J connectivity index is 1.24. The summed E-state index contributed by atoms with van der Waals surface area (Å²) >= 11 is 6.11. The first-order valence-electron chi connectivity index (χ1n) is 10.8. The summed E-state index contributed by atoms with van der Waals surface area (Å²) in [6.07, 6.45) is 5.59. The molecule has 7 heteroatoms. The highest BCUT2D eigenvalue weighted by molar-refractivity contribution is 6.30. The van der Waals surface area contributed by atoms with Crippen LogP contribution in [0.25, 0.3) is 0 Å². The number of amides is 1. The largest absolute Gasteiger partial charge is 0.341 e. The van der Waals surface area contributed by atoms with Gasteiger partial charge in [-0.2, -0.15) is 0 Å². The van der Waals surface area contributed by atoms with Crippen LogP contribution < -0.4 is 10.9 Å². The number of nitrogens with one attached hydrogen (secondary N) is 2. The van der Waals surface area contributed by atoms with E-state index < -0.39 is 0 Å². The van der Waals surface area contributed by atoms with Crippen LogP contribution in [0.1, 0.15) is 36.6 Å². The van der Waals surface area contributed by atoms with E-state index in [2.05, 4.69) is 26.8 Å². The highest BCUT2D eigenvalue weighted by Crippen LogP contribution is 2.26. The number of nitrogens with zero attached hydrogens (tertiary/aromatic N) is 3. The van der Waals surface area contributed by atoms with E-state index in [0.717, 1.165) is 61.6 Å². The molecule has 160 valence electrons. The van der Waals surface area contributed by atoms with E-state index in [9.17, 15) is 4.79 Å². The predicted molar refractivity (Wildman–Crippen MR) is 119 cm³/mol. The molecule has 0 spiro atoms. The molecule has 6 nitrogen and oxygen atoms in total. The fourth-order valence-corrected chi connectivity index (χ4v) is 4.63. The van der Waals surface area contributed by atoms with Crippen molar-refractivity contribution in [2.75, 3.05) is 26.7 Å². The molecule has 2 saturated heterocycles. The van der Waals surface area contributed by atoms with Crippen molar-refractivity contribution < 1.29 is 4.79 Å². The van der Waals surface area contributed by atoms with Crippen LogP contribution >= 0.6 is 11.6 Å². The highest BCUT2D eigenvalue weighted by atomic mass is 35.5. The van der Waals surface area contributed by atoms with Gasteiger partial charge in [0.15, 0.2) is 0 Å². The van der Waals surface area contributed by atoms with E-state index >= 15 is 0 Å². The quantitative estimate of drug-likeness (QED) is 0.742. The van der Waals surface area contributed by atoms with Gasteiger partial charge in [-0.25, -0.2) is 10.9 Å². The normalized spacial score (nSPS) is 22.9. The fourth-order valence-electron chi connectivity index (χ4n) is 4.43. The molecule has 0 aliphatic carbocycles. The third-order valence-electron chi connectivity index (χ3n) is 6.32. The molecule has 2 fully saturated rings. The third-order valence-corrected chi connectivity index (χ3v) is 6.55. The van der Waals surface area contributed by atoms with Crippen LogP contribution in [0.15, 0.2) is 48.7 Å². The van der Waals surface area contributed by atoms with E-state index in [0.29, 0.717) is 6.04 Å². The molecule has 0 saturated carbocycles. The summed E-state index contributed by atoms with van der Waals surface area (Å²) < 4.78 is 0. The molecule has 0 bridgehead atoms. The number of hydrazine groups is 1. The van der Waals surface area contributed by atoms with Crippen molar-refractivity contribution in [3.05, 3.63) is 64.9 Å². The number of likely N-dealkylation sites (tertiary alicyclic amines) is 1. The smallest absolute Gasteiger partial charge is 0.241 e. The molecule has 4 rings (SSSR count). The topological polar surface area (TPSA) is 60.5 Å². The first-order valence-corrected chi connectivity index (χ1v) is 11.1. The van der Waals surface area contributed by atoms with Crippen LogP contribution in [0.4, 0.5) is 0 Å². The highest BCUT2D eigenvalue weighted by Gasteiger charge is 2.34. The van der Waals surface area contributed by atoms with E-state index in [1.807, 2.05) is 54.5 Å². The average Bonchev–Trinajstić information content (AvgIpc) is 3.28. The Kier molecular flexibility index (Phi) is 7.00. The minimum absolute atomic E-state index is 0.0968. The number of halogens is 1. The summed E-state index contributed by atoms with van der Waals surface area (Å²) in [5.74, 6) is 0.166. The average molecular weight is 428 g/mol. The minimum atomic E-state index is -0.207. The summed E-state index contributed by atoms with van der Waals surface area (Å²) in [6, 6.07) is 14.1. The van der Waals surface area contributed by atoms with E-state index in [-0.39, 0.29) is 18.0 Å². The maximum absolute atomic E-state index is 13.1. The van der Waals surface area contributed by atoms with Crippen LogP contribution in [-0.4, -0.2) is 59.5 Å². The van der Waals surface area contributed by atoms with Gasteiger partial charge in [-0.1, -0.05) is 29.8 Å². The van der Waals surface area contributed by atoms with Gasteiger partial charge in [0.2, 0.25) is 5.91 Å². The minimum Gasteiger partial charge on any atom is -0.341 e. The Morgan fingerprint density at radius 1 is 1.20 bits per heavy atom. The van der Waals surface area contributed by atoms with Crippen LogP contribution in [0.2, 0.25) is 5.02 Å². The second-order valence-corrected chi connectivity index (χ2v) is 8.71. The number of carbonyl (C=O) groups is 1. The molecule has 1 amide bonds. The maximum atomic E-state index is 13.1. The zero-order valence-electron chi connectivity index (χ0n) is 17.4. The molecule has 3 heterocycles. The van der Waals surface area contributed by atoms with Gasteiger partial charge in [0.1, 0.15) is 6.04 Å². The van der Waals surface area contributed by atoms with Crippen LogP contribution in [0, 0.1) is 0 Å². The lowest BCUT2D eigenvalue weighted by molar-refractivity contribution is -0.134. The van der Waals surface area contributed by atoms with Crippen molar-refractivity contribution >= 4 is 17.5 Å². The van der Waals surface area contributed by atoms with Crippen molar-refractivity contribution in [3.8, 4) is 0 Å². The Hall–Kier alpha value is -1.99. The number of rotatable bonds is 6. The Bertz CT molecular complexity index is 840. The molecule has 30 heavy (non-hydrogen) atoms. The van der Waals surface area contributed by atoms with Gasteiger partial charge in [0.05, 0.1) is 0 Å². The zero-order valence-corrected chi connectivity index (χ0v) is 18.2. The monoisotopic (exact) mass is 427 g/mol. The standard InChI is InChI=1S/C23H30ClN5O/c1-28(20-9-13-29(14-10-20)12-8-19-7-2-3-11-25-19)23(30)22-16-21(26-27-22)17-5-4-6-18(24)15-17/h2-7,11,15,20-22,26-27H,8-10,12-14,16H2,1H3. The fraction of sp³-hybridized carbons (Fsp3) is 0.478. The first kappa shape index (κ1) is 21.2. The molecular formula is C23H30ClN5O. The number of pyridine rings is 1. The van der Waals surface area contributed by atoms with Crippen molar-refractivity contribution in [3.63, 3.8) is 0 Å². The molecule has 2 aromatic rings. The van der Waals surface area contributed by atoms with Gasteiger partial charge in [-0.05, 0) is 49.1 Å². The van der Waals surface area contributed by atoms with E-state index in [1.165, 1.54) is 0 Å². The molecule has 2 unspecified atom stereocenters. The van der Waals surface area contributed by atoms with Crippen molar-refractivity contribution in [2.24, 2.45) is 0 Å². The molecule has 2 aliphatic heterocycles. The second kappa shape index (κ2) is 9.88. The summed E-state index contributed by atoms with van der Waals surface area (Å²) in [4.78, 5) is 21.9. The number of hydrogen-bond donors (Lipinski definition) is 2. The lowest BCUT2D eigenvalue weighted by Crippen LogP contribution is -2.51. The SMILES string of the molecule is CN(C(=O)C1CC(c2cccc(Cl)c2)NN1)C1CCN(CCc2ccccn2)CC1. The molecular weight excluding hydrogens is 398 g/mol. The lowest BCUT2D eigenvalue weighted by atomic mass is 9.99. The number of likely N-dealkylation sites (N-methyl/N-ethyl adjacent to an activating group) is 1. The summed E-state index contributed by atoms with van der Waals surface area (Å²) in [5.41, 5.74) is 8.69. The molecule has 2 aliphatic rings. The van der Waals surface area contributed by atoms with Gasteiger partial charge in [-0.15, -0.1) is 0 Å². The number of carbonyl (C=O) groups excluding carboxylic acids is 1. The molecule has 1 aromatic heterocycles. The summed E-state index contributed by atoms with van der Waals surface area (Å²) in [7, 11) is 1.95. The van der Waals surface area contributed by atoms with Gasteiger partial charge >= 0.3 is 0 Å². The maximum Gasteiger partial charge on any atom is 0.241 e. The predicted octanol–water partition coefficient (Wildman–Crippen LogP) is 2.81. The number of aromatic nitrogens is 1. The van der Waals surface area contributed by atoms with Gasteiger partial charge in [0.25, 0.3) is 0 Å². The van der Waals surface area contributed by atoms with E-state index in [1.54, 1.807) is 0 Å². The first-order chi connectivity index (χ1) is 14.6. The zero-order chi connectivity index (χ0) is 20.9. The Morgan fingerprint density at radius 2 is 2.03 bits per heavy atom. The second-order valence-electron chi connectivity index (χ2n) is 8.28. The Labute approximate surface area is 183 Å². The molecule has 0 radical (unpaired) electrons. The van der Waals surface area contributed by atoms with Crippen molar-refractivity contribution in [1.29, 1.82) is 0 Å². The van der Waals surface area contributed by atoms with Crippen LogP contribution in [-0.2, 0) is 11.2 Å². The number of benzene rings is 1. The van der Waals surface area contributed by atoms with Crippen molar-refractivity contribution in [2.45, 2.75) is 43.8 Å². The van der Waals surface area contributed by atoms with Gasteiger partial charge in [-0.3, -0.25) is 9.78 Å². The van der Waals surface area contributed by atoms with Gasteiger partial charge < -0.3 is 9.80 Å². The summed E-state index contributed by atoms with van der Waals surface area (Å²) in [6.45, 7) is 3.07.